The van der Waals surface area contributed by atoms with Crippen molar-refractivity contribution in [2.24, 2.45) is 5.41 Å². The number of benzene rings is 2. The Hall–Kier alpha value is -2.17. The summed E-state index contributed by atoms with van der Waals surface area (Å²) in [5, 5.41) is 0. The molecule has 0 saturated heterocycles. The molecule has 0 atom stereocenters. The SMILES string of the molecule is CC(C)(C)C(=O)COc1ccc(Oc2ccc(OCC=C(Cl)Cl)cc2)cc1. The molecule has 0 aliphatic rings. The Morgan fingerprint density at radius 3 is 1.74 bits per heavy atom. The fourth-order valence-corrected chi connectivity index (χ4v) is 2.04. The molecular weight excluding hydrogens is 387 g/mol. The molecule has 4 nitrogen and oxygen atoms in total. The average Bonchev–Trinajstić information content (AvgIpc) is 2.61. The van der Waals surface area contributed by atoms with Gasteiger partial charge in [0.05, 0.1) is 0 Å². The van der Waals surface area contributed by atoms with Crippen LogP contribution in [0.15, 0.2) is 59.1 Å². The van der Waals surface area contributed by atoms with Gasteiger partial charge >= 0.3 is 0 Å². The minimum Gasteiger partial charge on any atom is -0.489 e. The van der Waals surface area contributed by atoms with Gasteiger partial charge in [-0.2, -0.15) is 0 Å². The third-order valence-electron chi connectivity index (χ3n) is 3.58. The highest BCUT2D eigenvalue weighted by Gasteiger charge is 2.21. The fraction of sp³-hybridized carbons (Fsp3) is 0.286. The lowest BCUT2D eigenvalue weighted by molar-refractivity contribution is -0.128. The van der Waals surface area contributed by atoms with Gasteiger partial charge in [0.2, 0.25) is 0 Å². The van der Waals surface area contributed by atoms with E-state index in [-0.39, 0.29) is 16.9 Å². The maximum atomic E-state index is 11.9. The quantitative estimate of drug-likeness (QED) is 0.523. The van der Waals surface area contributed by atoms with Gasteiger partial charge in [0.1, 0.15) is 40.7 Å². The van der Waals surface area contributed by atoms with Crippen LogP contribution in [0.5, 0.6) is 23.0 Å². The summed E-state index contributed by atoms with van der Waals surface area (Å²) in [6.07, 6.45) is 1.56. The monoisotopic (exact) mass is 408 g/mol. The zero-order valence-electron chi connectivity index (χ0n) is 15.5. The summed E-state index contributed by atoms with van der Waals surface area (Å²) in [7, 11) is 0. The molecule has 0 amide bonds. The highest BCUT2D eigenvalue weighted by Crippen LogP contribution is 2.26. The minimum atomic E-state index is -0.411. The maximum absolute atomic E-state index is 11.9. The van der Waals surface area contributed by atoms with E-state index in [1.807, 2.05) is 20.8 Å². The first kappa shape index (κ1) is 21.1. The van der Waals surface area contributed by atoms with Gasteiger partial charge in [0.25, 0.3) is 0 Å². The van der Waals surface area contributed by atoms with Crippen LogP contribution in [-0.4, -0.2) is 19.0 Å². The first-order chi connectivity index (χ1) is 12.7. The molecule has 6 heteroatoms. The van der Waals surface area contributed by atoms with E-state index < -0.39 is 5.41 Å². The van der Waals surface area contributed by atoms with E-state index in [1.165, 1.54) is 0 Å². The molecule has 2 aromatic carbocycles. The first-order valence-corrected chi connectivity index (χ1v) is 9.18. The molecule has 0 bridgehead atoms. The Kier molecular flexibility index (Phi) is 7.57. The van der Waals surface area contributed by atoms with E-state index in [9.17, 15) is 4.79 Å². The Labute approximate surface area is 169 Å². The number of hydrogen-bond donors (Lipinski definition) is 0. The van der Waals surface area contributed by atoms with Crippen LogP contribution in [0.2, 0.25) is 0 Å². The van der Waals surface area contributed by atoms with Crippen LogP contribution in [0.4, 0.5) is 0 Å². The van der Waals surface area contributed by atoms with Gasteiger partial charge in [-0.3, -0.25) is 4.79 Å². The summed E-state index contributed by atoms with van der Waals surface area (Å²) < 4.78 is 16.9. The summed E-state index contributed by atoms with van der Waals surface area (Å²) in [6.45, 7) is 5.96. The third kappa shape index (κ3) is 7.53. The van der Waals surface area contributed by atoms with Crippen molar-refractivity contribution in [1.29, 1.82) is 0 Å². The minimum absolute atomic E-state index is 0.0499. The highest BCUT2D eigenvalue weighted by atomic mass is 35.5. The molecule has 0 aromatic heterocycles. The molecule has 0 spiro atoms. The van der Waals surface area contributed by atoms with Crippen LogP contribution in [-0.2, 0) is 4.79 Å². The summed E-state index contributed by atoms with van der Waals surface area (Å²) in [5.74, 6) is 2.68. The number of hydrogen-bond acceptors (Lipinski definition) is 4. The van der Waals surface area contributed by atoms with Crippen LogP contribution >= 0.6 is 23.2 Å². The molecule has 0 aliphatic heterocycles. The molecule has 0 unspecified atom stereocenters. The second-order valence-corrected chi connectivity index (χ2v) is 7.82. The van der Waals surface area contributed by atoms with Crippen LogP contribution in [0.3, 0.4) is 0 Å². The lowest BCUT2D eigenvalue weighted by atomic mass is 9.91. The number of rotatable bonds is 8. The van der Waals surface area contributed by atoms with E-state index in [2.05, 4.69) is 0 Å². The molecule has 0 heterocycles. The first-order valence-electron chi connectivity index (χ1n) is 8.42. The summed E-state index contributed by atoms with van der Waals surface area (Å²) >= 11 is 11.1. The molecule has 27 heavy (non-hydrogen) atoms. The largest absolute Gasteiger partial charge is 0.489 e. The molecular formula is C21H22Cl2O4. The normalized spacial score (nSPS) is 10.9. The molecule has 0 fully saturated rings. The number of carbonyl (C=O) groups excluding carboxylic acids is 1. The number of ether oxygens (including phenoxy) is 3. The highest BCUT2D eigenvalue weighted by molar-refractivity contribution is 6.55. The molecule has 2 aromatic rings. The predicted octanol–water partition coefficient (Wildman–Crippen LogP) is 6.17. The topological polar surface area (TPSA) is 44.8 Å². The van der Waals surface area contributed by atoms with Crippen molar-refractivity contribution in [2.75, 3.05) is 13.2 Å². The van der Waals surface area contributed by atoms with Gasteiger partial charge < -0.3 is 14.2 Å². The molecule has 0 N–H and O–H groups in total. The van der Waals surface area contributed by atoms with Crippen molar-refractivity contribution in [3.05, 3.63) is 59.1 Å². The van der Waals surface area contributed by atoms with Gasteiger partial charge in [-0.25, -0.2) is 0 Å². The number of ketones is 1. The Bertz CT molecular complexity index is 771. The van der Waals surface area contributed by atoms with Crippen LogP contribution in [0, 0.1) is 5.41 Å². The summed E-state index contributed by atoms with van der Waals surface area (Å²) in [5.41, 5.74) is -0.411. The zero-order valence-corrected chi connectivity index (χ0v) is 17.0. The van der Waals surface area contributed by atoms with Crippen molar-refractivity contribution >= 4 is 29.0 Å². The van der Waals surface area contributed by atoms with Crippen molar-refractivity contribution < 1.29 is 19.0 Å². The number of Topliss-reactive ketones (excluding diaryl/α,β-unsaturated/α-hetero) is 1. The Morgan fingerprint density at radius 1 is 0.852 bits per heavy atom. The van der Waals surface area contributed by atoms with Crippen molar-refractivity contribution in [3.8, 4) is 23.0 Å². The lowest BCUT2D eigenvalue weighted by Gasteiger charge is -2.16. The average molecular weight is 409 g/mol. The van der Waals surface area contributed by atoms with Crippen molar-refractivity contribution in [3.63, 3.8) is 0 Å². The van der Waals surface area contributed by atoms with Crippen LogP contribution < -0.4 is 14.2 Å². The van der Waals surface area contributed by atoms with Gasteiger partial charge in [-0.1, -0.05) is 44.0 Å². The standard InChI is InChI=1S/C21H22Cl2O4/c1-21(2,3)19(24)14-26-16-6-10-18(11-7-16)27-17-8-4-15(5-9-17)25-13-12-20(22)23/h4-12H,13-14H2,1-3H3. The lowest BCUT2D eigenvalue weighted by Crippen LogP contribution is -2.26. The van der Waals surface area contributed by atoms with Crippen LogP contribution in [0.1, 0.15) is 20.8 Å². The smallest absolute Gasteiger partial charge is 0.175 e. The third-order valence-corrected chi connectivity index (χ3v) is 3.89. The predicted molar refractivity (Wildman–Crippen MR) is 108 cm³/mol. The van der Waals surface area contributed by atoms with E-state index in [0.29, 0.717) is 29.6 Å². The number of halogens is 2. The Morgan fingerprint density at radius 2 is 1.30 bits per heavy atom. The molecule has 144 valence electrons. The molecule has 0 aliphatic carbocycles. The number of carbonyl (C=O) groups is 1. The van der Waals surface area contributed by atoms with Crippen molar-refractivity contribution in [1.82, 2.24) is 0 Å². The van der Waals surface area contributed by atoms with Gasteiger partial charge in [0.15, 0.2) is 5.78 Å². The molecule has 2 rings (SSSR count). The van der Waals surface area contributed by atoms with Gasteiger partial charge in [-0.15, -0.1) is 0 Å². The van der Waals surface area contributed by atoms with E-state index in [0.717, 1.165) is 0 Å². The van der Waals surface area contributed by atoms with E-state index in [4.69, 9.17) is 37.4 Å². The van der Waals surface area contributed by atoms with Gasteiger partial charge in [-0.05, 0) is 54.6 Å². The van der Waals surface area contributed by atoms with Crippen LogP contribution in [0.25, 0.3) is 0 Å². The second-order valence-electron chi connectivity index (χ2n) is 6.81. The summed E-state index contributed by atoms with van der Waals surface area (Å²) in [6, 6.07) is 14.3. The molecule has 0 radical (unpaired) electrons. The second kappa shape index (κ2) is 9.67. The van der Waals surface area contributed by atoms with Crippen molar-refractivity contribution in [2.45, 2.75) is 20.8 Å². The van der Waals surface area contributed by atoms with E-state index >= 15 is 0 Å². The maximum Gasteiger partial charge on any atom is 0.175 e. The zero-order chi connectivity index (χ0) is 19.9. The summed E-state index contributed by atoms with van der Waals surface area (Å²) in [4.78, 5) is 11.9. The molecule has 0 saturated carbocycles. The fourth-order valence-electron chi connectivity index (χ4n) is 1.91. The van der Waals surface area contributed by atoms with Gasteiger partial charge in [0, 0.05) is 5.41 Å². The Balaban J connectivity index is 1.87. The van der Waals surface area contributed by atoms with E-state index in [1.54, 1.807) is 54.6 Å².